The van der Waals surface area contributed by atoms with Gasteiger partial charge in [0.2, 0.25) is 0 Å². The van der Waals surface area contributed by atoms with Gasteiger partial charge in [0.1, 0.15) is 5.60 Å². The Bertz CT molecular complexity index is 1090. The third-order valence-corrected chi connectivity index (χ3v) is 5.42. The van der Waals surface area contributed by atoms with Gasteiger partial charge in [0.05, 0.1) is 11.3 Å². The fraction of sp³-hybridized carbons (Fsp3) is 0.500. The lowest BCUT2D eigenvalue weighted by atomic mass is 10.1. The van der Waals surface area contributed by atoms with Gasteiger partial charge in [-0.25, -0.2) is 19.2 Å². The molecule has 202 valence electrons. The molecule has 1 fully saturated rings. The van der Waals surface area contributed by atoms with E-state index >= 15 is 0 Å². The number of imide groups is 1. The van der Waals surface area contributed by atoms with Crippen molar-refractivity contribution in [3.63, 3.8) is 0 Å². The highest BCUT2D eigenvalue weighted by atomic mass is 19.4. The van der Waals surface area contributed by atoms with Crippen molar-refractivity contribution in [2.75, 3.05) is 26.2 Å². The topological polar surface area (TPSA) is 118 Å². The summed E-state index contributed by atoms with van der Waals surface area (Å²) < 4.78 is 46.9. The van der Waals surface area contributed by atoms with Crippen LogP contribution in [-0.4, -0.2) is 70.5 Å². The number of para-hydroxylation sites is 1. The summed E-state index contributed by atoms with van der Waals surface area (Å²) in [5.74, 6) is -0.994. The maximum absolute atomic E-state index is 13.5. The van der Waals surface area contributed by atoms with Crippen molar-refractivity contribution in [1.82, 2.24) is 30.6 Å². The number of amides is 4. The van der Waals surface area contributed by atoms with Gasteiger partial charge in [0.15, 0.2) is 5.69 Å². The third-order valence-electron chi connectivity index (χ3n) is 5.42. The first-order valence-corrected chi connectivity index (χ1v) is 11.9. The number of nitrogens with zero attached hydrogens (tertiary/aromatic N) is 3. The SMILES string of the molecule is CC(C)(C)OC(=O)N(C(=O)NCCNC(=O)c1cn(-c2ccccc2)nc1C(F)(F)F)C1CCNCC1. The Morgan fingerprint density at radius 2 is 1.70 bits per heavy atom. The van der Waals surface area contributed by atoms with Gasteiger partial charge in [-0.05, 0) is 58.8 Å². The minimum absolute atomic E-state index is 0.122. The van der Waals surface area contributed by atoms with Crippen LogP contribution in [-0.2, 0) is 10.9 Å². The minimum Gasteiger partial charge on any atom is -0.443 e. The van der Waals surface area contributed by atoms with Crippen molar-refractivity contribution in [3.05, 3.63) is 47.8 Å². The van der Waals surface area contributed by atoms with Crippen molar-refractivity contribution < 1.29 is 32.3 Å². The van der Waals surface area contributed by atoms with Gasteiger partial charge in [0.25, 0.3) is 5.91 Å². The standard InChI is InChI=1S/C24H31F3N6O4/c1-23(2,3)37-22(36)33(17-9-11-28-12-10-17)21(35)30-14-13-29-20(34)18-15-32(16-7-5-4-6-8-16)31-19(18)24(25,26)27/h4-8,15,17,28H,9-14H2,1-3H3,(H,29,34)(H,30,35). The smallest absolute Gasteiger partial charge is 0.435 e. The van der Waals surface area contributed by atoms with Crippen molar-refractivity contribution in [2.45, 2.75) is 51.4 Å². The van der Waals surface area contributed by atoms with Crippen molar-refractivity contribution in [3.8, 4) is 5.69 Å². The molecule has 0 spiro atoms. The number of ether oxygens (including phenoxy) is 1. The Morgan fingerprint density at radius 3 is 2.30 bits per heavy atom. The molecule has 1 aromatic carbocycles. The average Bonchev–Trinajstić information content (AvgIpc) is 3.28. The second-order valence-electron chi connectivity index (χ2n) is 9.49. The Kier molecular flexibility index (Phi) is 8.79. The molecule has 1 saturated heterocycles. The van der Waals surface area contributed by atoms with Crippen LogP contribution in [0.1, 0.15) is 49.7 Å². The molecule has 37 heavy (non-hydrogen) atoms. The summed E-state index contributed by atoms with van der Waals surface area (Å²) >= 11 is 0. The predicted molar refractivity (Wildman–Crippen MR) is 128 cm³/mol. The fourth-order valence-corrected chi connectivity index (χ4v) is 3.76. The first-order valence-electron chi connectivity index (χ1n) is 11.9. The summed E-state index contributed by atoms with van der Waals surface area (Å²) in [6.07, 6.45) is -3.52. The highest BCUT2D eigenvalue weighted by Crippen LogP contribution is 2.31. The molecule has 13 heteroatoms. The van der Waals surface area contributed by atoms with Gasteiger partial charge in [-0.2, -0.15) is 18.3 Å². The number of alkyl halides is 3. The predicted octanol–water partition coefficient (Wildman–Crippen LogP) is 3.32. The minimum atomic E-state index is -4.84. The number of aromatic nitrogens is 2. The molecular formula is C24H31F3N6O4. The molecule has 3 rings (SSSR count). The van der Waals surface area contributed by atoms with E-state index in [0.717, 1.165) is 15.8 Å². The lowest BCUT2D eigenvalue weighted by molar-refractivity contribution is -0.141. The van der Waals surface area contributed by atoms with Gasteiger partial charge in [-0.1, -0.05) is 18.2 Å². The van der Waals surface area contributed by atoms with E-state index in [1.807, 2.05) is 0 Å². The van der Waals surface area contributed by atoms with Crippen molar-refractivity contribution in [1.29, 1.82) is 0 Å². The fourth-order valence-electron chi connectivity index (χ4n) is 3.76. The van der Waals surface area contributed by atoms with Crippen LogP contribution in [0.2, 0.25) is 0 Å². The van der Waals surface area contributed by atoms with Crippen molar-refractivity contribution in [2.24, 2.45) is 0 Å². The number of benzene rings is 1. The summed E-state index contributed by atoms with van der Waals surface area (Å²) in [4.78, 5) is 39.2. The molecule has 1 aromatic heterocycles. The molecule has 2 aromatic rings. The molecule has 3 N–H and O–H groups in total. The highest BCUT2D eigenvalue weighted by Gasteiger charge is 2.39. The maximum atomic E-state index is 13.5. The molecule has 0 unspecified atom stereocenters. The molecule has 0 atom stereocenters. The number of carbonyl (C=O) groups is 3. The van der Waals surface area contributed by atoms with E-state index < -0.39 is 41.1 Å². The Balaban J connectivity index is 1.63. The van der Waals surface area contributed by atoms with E-state index in [2.05, 4.69) is 21.0 Å². The van der Waals surface area contributed by atoms with Crippen LogP contribution in [0, 0.1) is 0 Å². The largest absolute Gasteiger partial charge is 0.443 e. The maximum Gasteiger partial charge on any atom is 0.435 e. The van der Waals surface area contributed by atoms with Crippen LogP contribution >= 0.6 is 0 Å². The molecule has 2 heterocycles. The molecule has 0 bridgehead atoms. The second kappa shape index (κ2) is 11.6. The quantitative estimate of drug-likeness (QED) is 0.499. The zero-order valence-corrected chi connectivity index (χ0v) is 20.9. The lowest BCUT2D eigenvalue weighted by Gasteiger charge is -2.34. The molecule has 1 aliphatic rings. The first kappa shape index (κ1) is 28.0. The van der Waals surface area contributed by atoms with Crippen LogP contribution in [0.4, 0.5) is 22.8 Å². The normalized spacial score (nSPS) is 14.6. The Morgan fingerprint density at radius 1 is 1.08 bits per heavy atom. The summed E-state index contributed by atoms with van der Waals surface area (Å²) in [6.45, 7) is 6.03. The summed E-state index contributed by atoms with van der Waals surface area (Å²) in [6, 6.07) is 7.02. The van der Waals surface area contributed by atoms with E-state index in [0.29, 0.717) is 31.6 Å². The number of hydrogen-bond donors (Lipinski definition) is 3. The number of carbonyl (C=O) groups excluding carboxylic acids is 3. The molecular weight excluding hydrogens is 493 g/mol. The van der Waals surface area contributed by atoms with Gasteiger partial charge >= 0.3 is 18.3 Å². The summed E-state index contributed by atoms with van der Waals surface area (Å²) in [7, 11) is 0. The molecule has 10 nitrogen and oxygen atoms in total. The second-order valence-corrected chi connectivity index (χ2v) is 9.49. The van der Waals surface area contributed by atoms with Crippen LogP contribution in [0.15, 0.2) is 36.5 Å². The van der Waals surface area contributed by atoms with E-state index in [-0.39, 0.29) is 19.1 Å². The molecule has 0 saturated carbocycles. The van der Waals surface area contributed by atoms with Crippen molar-refractivity contribution >= 4 is 18.0 Å². The number of piperidine rings is 1. The summed E-state index contributed by atoms with van der Waals surface area (Å²) in [5, 5.41) is 11.6. The van der Waals surface area contributed by atoms with Gasteiger partial charge in [-0.3, -0.25) is 4.79 Å². The molecule has 0 aliphatic carbocycles. The first-order chi connectivity index (χ1) is 17.4. The van der Waals surface area contributed by atoms with E-state index in [1.54, 1.807) is 51.1 Å². The van der Waals surface area contributed by atoms with E-state index in [1.165, 1.54) is 0 Å². The van der Waals surface area contributed by atoms with Gasteiger partial charge in [0, 0.05) is 25.3 Å². The van der Waals surface area contributed by atoms with Crippen LogP contribution in [0.25, 0.3) is 5.69 Å². The van der Waals surface area contributed by atoms with E-state index in [9.17, 15) is 27.6 Å². The zero-order valence-electron chi connectivity index (χ0n) is 20.9. The zero-order chi connectivity index (χ0) is 27.2. The third kappa shape index (κ3) is 7.68. The Hall–Kier alpha value is -3.61. The lowest BCUT2D eigenvalue weighted by Crippen LogP contribution is -2.54. The molecule has 4 amide bonds. The van der Waals surface area contributed by atoms with Gasteiger partial charge < -0.3 is 20.7 Å². The molecule has 1 aliphatic heterocycles. The summed E-state index contributed by atoms with van der Waals surface area (Å²) in [5.41, 5.74) is -2.41. The van der Waals surface area contributed by atoms with Crippen LogP contribution in [0.3, 0.4) is 0 Å². The van der Waals surface area contributed by atoms with Gasteiger partial charge in [-0.15, -0.1) is 0 Å². The number of rotatable bonds is 6. The van der Waals surface area contributed by atoms with Crippen LogP contribution in [0.5, 0.6) is 0 Å². The molecule has 0 radical (unpaired) electrons. The number of hydrogen-bond acceptors (Lipinski definition) is 6. The Labute approximate surface area is 212 Å². The van der Waals surface area contributed by atoms with E-state index in [4.69, 9.17) is 4.74 Å². The number of urea groups is 1. The number of nitrogens with one attached hydrogen (secondary N) is 3. The average molecular weight is 525 g/mol. The highest BCUT2D eigenvalue weighted by molar-refractivity contribution is 5.95. The number of halogens is 3. The monoisotopic (exact) mass is 524 g/mol. The van der Waals surface area contributed by atoms with Crippen LogP contribution < -0.4 is 16.0 Å².